The number of hydrogen-bond acceptors (Lipinski definition) is 7. The van der Waals surface area contributed by atoms with Gasteiger partial charge in [-0.1, -0.05) is 23.7 Å². The highest BCUT2D eigenvalue weighted by Crippen LogP contribution is 2.29. The van der Waals surface area contributed by atoms with Gasteiger partial charge in [0.25, 0.3) is 5.91 Å². The average molecular weight is 482 g/mol. The standard InChI is InChI=1S/C24H16ClN9O/c25-18-12-26-22(33-23(18)30-16-3-4-19-15(7-16)10-29-34-19)14-2-1-13-8-21(32-20(13)9-14)24(35)31-17-5-6-27-28-11-17/h1-12,32H,(H,29,34)(H,26,30,33)(H,27,31,35). The van der Waals surface area contributed by atoms with Gasteiger partial charge < -0.3 is 15.6 Å². The number of anilines is 3. The van der Waals surface area contributed by atoms with Crippen molar-refractivity contribution in [3.05, 3.63) is 84.0 Å². The lowest BCUT2D eigenvalue weighted by Gasteiger charge is -2.09. The molecular formula is C24H16ClN9O. The quantitative estimate of drug-likeness (QED) is 0.273. The zero-order chi connectivity index (χ0) is 23.8. The SMILES string of the molecule is O=C(Nc1ccnnc1)c1cc2ccc(-c3ncc(Cl)c(Nc4ccc5[nH]ncc5c4)n3)cc2[nH]1. The van der Waals surface area contributed by atoms with Crippen molar-refractivity contribution < 1.29 is 4.79 Å². The van der Waals surface area contributed by atoms with Crippen LogP contribution in [0.15, 0.2) is 73.3 Å². The van der Waals surface area contributed by atoms with E-state index in [9.17, 15) is 4.79 Å². The van der Waals surface area contributed by atoms with E-state index in [-0.39, 0.29) is 5.91 Å². The van der Waals surface area contributed by atoms with E-state index in [1.165, 1.54) is 12.4 Å². The molecule has 0 aliphatic carbocycles. The molecule has 6 rings (SSSR count). The van der Waals surface area contributed by atoms with Crippen LogP contribution >= 0.6 is 11.6 Å². The summed E-state index contributed by atoms with van der Waals surface area (Å²) in [4.78, 5) is 24.8. The second-order valence-corrected chi connectivity index (χ2v) is 8.16. The summed E-state index contributed by atoms with van der Waals surface area (Å²) in [6, 6.07) is 14.9. The molecule has 0 atom stereocenters. The van der Waals surface area contributed by atoms with Crippen molar-refractivity contribution in [3.63, 3.8) is 0 Å². The molecule has 4 N–H and O–H groups in total. The van der Waals surface area contributed by atoms with Crippen molar-refractivity contribution >= 4 is 56.5 Å². The lowest BCUT2D eigenvalue weighted by Crippen LogP contribution is -2.12. The van der Waals surface area contributed by atoms with Crippen LogP contribution in [0.3, 0.4) is 0 Å². The Morgan fingerprint density at radius 3 is 2.71 bits per heavy atom. The van der Waals surface area contributed by atoms with Crippen LogP contribution in [0.4, 0.5) is 17.2 Å². The van der Waals surface area contributed by atoms with Crippen molar-refractivity contribution in [1.29, 1.82) is 0 Å². The number of aromatic nitrogens is 7. The van der Waals surface area contributed by atoms with Crippen LogP contribution in [0, 0.1) is 0 Å². The summed E-state index contributed by atoms with van der Waals surface area (Å²) >= 11 is 6.37. The zero-order valence-electron chi connectivity index (χ0n) is 18.0. The molecule has 0 aliphatic heterocycles. The number of halogens is 1. The predicted molar refractivity (Wildman–Crippen MR) is 134 cm³/mol. The van der Waals surface area contributed by atoms with Crippen molar-refractivity contribution in [2.75, 3.05) is 10.6 Å². The van der Waals surface area contributed by atoms with Gasteiger partial charge in [-0.3, -0.25) is 9.89 Å². The number of rotatable bonds is 5. The topological polar surface area (TPSA) is 137 Å². The van der Waals surface area contributed by atoms with Gasteiger partial charge in [-0.25, -0.2) is 9.97 Å². The van der Waals surface area contributed by atoms with Crippen LogP contribution in [0.25, 0.3) is 33.2 Å². The van der Waals surface area contributed by atoms with Crippen LogP contribution < -0.4 is 10.6 Å². The lowest BCUT2D eigenvalue weighted by molar-refractivity contribution is 0.102. The molecule has 0 saturated carbocycles. The predicted octanol–water partition coefficient (Wildman–Crippen LogP) is 4.94. The second kappa shape index (κ2) is 8.50. The smallest absolute Gasteiger partial charge is 0.272 e. The maximum atomic E-state index is 12.6. The number of H-pyrrole nitrogens is 2. The number of nitrogens with zero attached hydrogens (tertiary/aromatic N) is 5. The van der Waals surface area contributed by atoms with E-state index in [0.717, 1.165) is 33.1 Å². The van der Waals surface area contributed by atoms with Gasteiger partial charge in [-0.2, -0.15) is 15.3 Å². The number of fused-ring (bicyclic) bond motifs is 2. The van der Waals surface area contributed by atoms with E-state index in [4.69, 9.17) is 11.6 Å². The molecule has 35 heavy (non-hydrogen) atoms. The molecule has 11 heteroatoms. The molecule has 0 bridgehead atoms. The minimum absolute atomic E-state index is 0.278. The minimum Gasteiger partial charge on any atom is -0.350 e. The fraction of sp³-hybridized carbons (Fsp3) is 0. The number of benzene rings is 2. The van der Waals surface area contributed by atoms with Crippen molar-refractivity contribution in [1.82, 2.24) is 35.3 Å². The molecule has 0 spiro atoms. The average Bonchev–Trinajstić information content (AvgIpc) is 3.52. The monoisotopic (exact) mass is 481 g/mol. The Balaban J connectivity index is 1.28. The summed E-state index contributed by atoms with van der Waals surface area (Å²) in [5.74, 6) is 0.698. The Morgan fingerprint density at radius 1 is 0.886 bits per heavy atom. The Kier molecular flexibility index (Phi) is 5.04. The molecule has 170 valence electrons. The first-order valence-electron chi connectivity index (χ1n) is 10.6. The molecule has 6 aromatic rings. The molecule has 0 saturated heterocycles. The fourth-order valence-corrected chi connectivity index (χ4v) is 3.84. The molecule has 4 aromatic heterocycles. The van der Waals surface area contributed by atoms with Gasteiger partial charge >= 0.3 is 0 Å². The van der Waals surface area contributed by atoms with E-state index in [1.54, 1.807) is 24.5 Å². The van der Waals surface area contributed by atoms with Gasteiger partial charge in [0.05, 0.1) is 36.0 Å². The third kappa shape index (κ3) is 4.13. The third-order valence-corrected chi connectivity index (χ3v) is 5.69. The Hall–Kier alpha value is -4.83. The number of carbonyl (C=O) groups is 1. The summed E-state index contributed by atoms with van der Waals surface area (Å²) in [6.45, 7) is 0. The first-order valence-corrected chi connectivity index (χ1v) is 10.9. The van der Waals surface area contributed by atoms with Crippen LogP contribution in [-0.2, 0) is 0 Å². The van der Waals surface area contributed by atoms with E-state index < -0.39 is 0 Å². The Bertz CT molecular complexity index is 1690. The summed E-state index contributed by atoms with van der Waals surface area (Å²) in [6.07, 6.45) is 6.30. The van der Waals surface area contributed by atoms with Gasteiger partial charge in [0, 0.05) is 27.5 Å². The zero-order valence-corrected chi connectivity index (χ0v) is 18.7. The molecule has 2 aromatic carbocycles. The van der Waals surface area contributed by atoms with Crippen molar-refractivity contribution in [2.45, 2.75) is 0 Å². The van der Waals surface area contributed by atoms with Crippen molar-refractivity contribution in [2.24, 2.45) is 0 Å². The van der Waals surface area contributed by atoms with E-state index in [2.05, 4.69) is 46.0 Å². The molecule has 0 unspecified atom stereocenters. The maximum Gasteiger partial charge on any atom is 0.272 e. The van der Waals surface area contributed by atoms with E-state index in [1.807, 2.05) is 36.4 Å². The number of hydrogen-bond donors (Lipinski definition) is 4. The number of nitrogens with one attached hydrogen (secondary N) is 4. The molecule has 0 radical (unpaired) electrons. The molecular weight excluding hydrogens is 466 g/mol. The van der Waals surface area contributed by atoms with Gasteiger partial charge in [0.1, 0.15) is 10.7 Å². The van der Waals surface area contributed by atoms with Crippen LogP contribution in [-0.4, -0.2) is 41.3 Å². The summed E-state index contributed by atoms with van der Waals surface area (Å²) in [7, 11) is 0. The maximum absolute atomic E-state index is 12.6. The highest BCUT2D eigenvalue weighted by molar-refractivity contribution is 6.33. The fourth-order valence-electron chi connectivity index (χ4n) is 3.70. The molecule has 4 heterocycles. The summed E-state index contributed by atoms with van der Waals surface area (Å²) in [5.41, 5.74) is 4.29. The largest absolute Gasteiger partial charge is 0.350 e. The van der Waals surface area contributed by atoms with E-state index in [0.29, 0.717) is 28.0 Å². The van der Waals surface area contributed by atoms with E-state index >= 15 is 0 Å². The van der Waals surface area contributed by atoms with Crippen molar-refractivity contribution in [3.8, 4) is 11.4 Å². The first kappa shape index (κ1) is 20.8. The Morgan fingerprint density at radius 2 is 1.83 bits per heavy atom. The molecule has 10 nitrogen and oxygen atoms in total. The number of aromatic amines is 2. The van der Waals surface area contributed by atoms with Gasteiger partial charge in [-0.05, 0) is 36.4 Å². The molecule has 0 aliphatic rings. The summed E-state index contributed by atoms with van der Waals surface area (Å²) in [5, 5.41) is 22.7. The van der Waals surface area contributed by atoms with Gasteiger partial charge in [0.15, 0.2) is 11.6 Å². The normalized spacial score (nSPS) is 11.1. The van der Waals surface area contributed by atoms with Crippen LogP contribution in [0.1, 0.15) is 10.5 Å². The van der Waals surface area contributed by atoms with Crippen LogP contribution in [0.2, 0.25) is 5.02 Å². The second-order valence-electron chi connectivity index (χ2n) is 7.76. The van der Waals surface area contributed by atoms with Gasteiger partial charge in [0.2, 0.25) is 0 Å². The summed E-state index contributed by atoms with van der Waals surface area (Å²) < 4.78 is 0. The minimum atomic E-state index is -0.278. The molecule has 1 amide bonds. The lowest BCUT2D eigenvalue weighted by atomic mass is 10.1. The number of carbonyl (C=O) groups excluding carboxylic acids is 1. The van der Waals surface area contributed by atoms with Crippen LogP contribution in [0.5, 0.6) is 0 Å². The van der Waals surface area contributed by atoms with Gasteiger partial charge in [-0.15, -0.1) is 0 Å². The highest BCUT2D eigenvalue weighted by Gasteiger charge is 2.13. The highest BCUT2D eigenvalue weighted by atomic mass is 35.5. The number of amides is 1. The first-order chi connectivity index (χ1) is 17.1. The third-order valence-electron chi connectivity index (χ3n) is 5.41. The molecule has 0 fully saturated rings. The Labute approximate surface area is 202 Å².